The van der Waals surface area contributed by atoms with Gasteiger partial charge in [-0.3, -0.25) is 4.99 Å². The van der Waals surface area contributed by atoms with Crippen LogP contribution in [0.2, 0.25) is 0 Å². The summed E-state index contributed by atoms with van der Waals surface area (Å²) in [6.45, 7) is 2.91. The van der Waals surface area contributed by atoms with Crippen molar-refractivity contribution < 1.29 is 0 Å². The Morgan fingerprint density at radius 3 is 2.73 bits per heavy atom. The van der Waals surface area contributed by atoms with Gasteiger partial charge in [0.1, 0.15) is 5.16 Å². The van der Waals surface area contributed by atoms with Gasteiger partial charge >= 0.3 is 0 Å². The highest BCUT2D eigenvalue weighted by molar-refractivity contribution is 6.29. The zero-order valence-corrected chi connectivity index (χ0v) is 9.35. The van der Waals surface area contributed by atoms with Crippen LogP contribution in [-0.4, -0.2) is 17.7 Å². The Balaban J connectivity index is 2.19. The topological polar surface area (TPSA) is 15.6 Å². The molecule has 1 atom stereocenters. The second-order valence-corrected chi connectivity index (χ2v) is 3.91. The summed E-state index contributed by atoms with van der Waals surface area (Å²) in [7, 11) is 0. The van der Waals surface area contributed by atoms with Crippen molar-refractivity contribution in [1.29, 1.82) is 0 Å². The third-order valence-electron chi connectivity index (χ3n) is 2.59. The molecule has 0 aromatic heterocycles. The molecule has 1 aliphatic rings. The number of hydrogen-bond donors (Lipinski definition) is 0. The Bertz CT molecular complexity index is 384. The first-order valence-electron chi connectivity index (χ1n) is 4.98. The zero-order chi connectivity index (χ0) is 10.7. The average molecular weight is 221 g/mol. The van der Waals surface area contributed by atoms with Crippen LogP contribution in [0.5, 0.6) is 0 Å². The number of hydrogen-bond acceptors (Lipinski definition) is 2. The van der Waals surface area contributed by atoms with Crippen molar-refractivity contribution in [3.63, 3.8) is 0 Å². The van der Waals surface area contributed by atoms with E-state index in [0.717, 1.165) is 6.54 Å². The smallest absolute Gasteiger partial charge is 0.124 e. The van der Waals surface area contributed by atoms with E-state index in [2.05, 4.69) is 28.9 Å². The van der Waals surface area contributed by atoms with E-state index < -0.39 is 0 Å². The Hall–Kier alpha value is -1.28. The van der Waals surface area contributed by atoms with Gasteiger partial charge in [0.25, 0.3) is 0 Å². The standard InChI is InChI=1S/C12H13ClN2/c1-10(11-5-3-2-4-6-11)15-8-7-14-9-12(15)13/h2-7,9-10H,8H2,1H3/t10-/m1/s1. The monoisotopic (exact) mass is 220 g/mol. The lowest BCUT2D eigenvalue weighted by atomic mass is 10.1. The maximum absolute atomic E-state index is 6.10. The molecule has 0 N–H and O–H groups in total. The Morgan fingerprint density at radius 2 is 2.07 bits per heavy atom. The lowest BCUT2D eigenvalue weighted by molar-refractivity contribution is 0.325. The second kappa shape index (κ2) is 4.49. The molecule has 0 spiro atoms. The number of nitrogens with zero attached hydrogens (tertiary/aromatic N) is 2. The highest BCUT2D eigenvalue weighted by Crippen LogP contribution is 2.26. The normalized spacial score (nSPS) is 17.5. The SMILES string of the molecule is C[C@H](c1ccccc1)N1CC=NC=C1Cl. The van der Waals surface area contributed by atoms with E-state index in [1.165, 1.54) is 5.56 Å². The zero-order valence-electron chi connectivity index (χ0n) is 8.60. The molecule has 0 saturated heterocycles. The summed E-state index contributed by atoms with van der Waals surface area (Å²) in [5.74, 6) is 0. The van der Waals surface area contributed by atoms with Crippen LogP contribution in [0, 0.1) is 0 Å². The molecule has 0 bridgehead atoms. The maximum Gasteiger partial charge on any atom is 0.124 e. The molecular weight excluding hydrogens is 208 g/mol. The van der Waals surface area contributed by atoms with Crippen LogP contribution in [0.4, 0.5) is 0 Å². The fraction of sp³-hybridized carbons (Fsp3) is 0.250. The molecular formula is C12H13ClN2. The molecule has 0 saturated carbocycles. The van der Waals surface area contributed by atoms with Crippen LogP contribution in [0.25, 0.3) is 0 Å². The third kappa shape index (κ3) is 2.21. The van der Waals surface area contributed by atoms with E-state index in [1.807, 2.05) is 24.4 Å². The van der Waals surface area contributed by atoms with Gasteiger partial charge in [0.2, 0.25) is 0 Å². The Kier molecular flexibility index (Phi) is 3.07. The molecule has 0 radical (unpaired) electrons. The van der Waals surface area contributed by atoms with E-state index in [4.69, 9.17) is 11.6 Å². The van der Waals surface area contributed by atoms with Crippen LogP contribution in [-0.2, 0) is 0 Å². The largest absolute Gasteiger partial charge is 0.349 e. The minimum absolute atomic E-state index is 0.279. The summed E-state index contributed by atoms with van der Waals surface area (Å²) in [5, 5.41) is 0.703. The van der Waals surface area contributed by atoms with Gasteiger partial charge in [-0.2, -0.15) is 0 Å². The fourth-order valence-corrected chi connectivity index (χ4v) is 1.94. The van der Waals surface area contributed by atoms with Gasteiger partial charge in [-0.25, -0.2) is 0 Å². The quantitative estimate of drug-likeness (QED) is 0.699. The van der Waals surface area contributed by atoms with Crippen molar-refractivity contribution >= 4 is 17.8 Å². The van der Waals surface area contributed by atoms with Gasteiger partial charge in [0, 0.05) is 6.21 Å². The molecule has 1 aliphatic heterocycles. The molecule has 0 amide bonds. The molecule has 0 aliphatic carbocycles. The molecule has 1 heterocycles. The minimum atomic E-state index is 0.279. The number of benzene rings is 1. The van der Waals surface area contributed by atoms with Gasteiger partial charge in [0.05, 0.1) is 18.8 Å². The maximum atomic E-state index is 6.10. The van der Waals surface area contributed by atoms with E-state index in [0.29, 0.717) is 5.16 Å². The van der Waals surface area contributed by atoms with Crippen molar-refractivity contribution in [1.82, 2.24) is 4.90 Å². The van der Waals surface area contributed by atoms with Gasteiger partial charge in [-0.15, -0.1) is 0 Å². The third-order valence-corrected chi connectivity index (χ3v) is 2.90. The first-order chi connectivity index (χ1) is 7.29. The molecule has 3 heteroatoms. The lowest BCUT2D eigenvalue weighted by Crippen LogP contribution is -2.27. The number of aliphatic imine (C=N–C) groups is 1. The molecule has 78 valence electrons. The predicted molar refractivity (Wildman–Crippen MR) is 64.0 cm³/mol. The molecule has 1 aromatic carbocycles. The summed E-state index contributed by atoms with van der Waals surface area (Å²) < 4.78 is 0. The van der Waals surface area contributed by atoms with Crippen LogP contribution >= 0.6 is 11.6 Å². The van der Waals surface area contributed by atoms with E-state index in [1.54, 1.807) is 6.20 Å². The fourth-order valence-electron chi connectivity index (χ4n) is 1.67. The Morgan fingerprint density at radius 1 is 1.33 bits per heavy atom. The highest BCUT2D eigenvalue weighted by Gasteiger charge is 2.17. The van der Waals surface area contributed by atoms with E-state index in [9.17, 15) is 0 Å². The van der Waals surface area contributed by atoms with Crippen LogP contribution < -0.4 is 0 Å². The second-order valence-electron chi connectivity index (χ2n) is 3.52. The summed E-state index contributed by atoms with van der Waals surface area (Å²) >= 11 is 6.10. The summed E-state index contributed by atoms with van der Waals surface area (Å²) in [6.07, 6.45) is 3.55. The molecule has 15 heavy (non-hydrogen) atoms. The van der Waals surface area contributed by atoms with Gasteiger partial charge < -0.3 is 4.90 Å². The molecule has 2 rings (SSSR count). The predicted octanol–water partition coefficient (Wildman–Crippen LogP) is 3.17. The first-order valence-corrected chi connectivity index (χ1v) is 5.36. The molecule has 0 fully saturated rings. The number of rotatable bonds is 2. The van der Waals surface area contributed by atoms with Crippen molar-refractivity contribution in [2.75, 3.05) is 6.54 Å². The Labute approximate surface area is 94.9 Å². The first kappa shape index (κ1) is 10.2. The molecule has 1 aromatic rings. The number of halogens is 1. The summed E-state index contributed by atoms with van der Waals surface area (Å²) in [6, 6.07) is 10.6. The van der Waals surface area contributed by atoms with Crippen LogP contribution in [0.1, 0.15) is 18.5 Å². The summed E-state index contributed by atoms with van der Waals surface area (Å²) in [4.78, 5) is 6.14. The van der Waals surface area contributed by atoms with Crippen molar-refractivity contribution in [3.05, 3.63) is 47.3 Å². The van der Waals surface area contributed by atoms with Gasteiger partial charge in [-0.1, -0.05) is 41.9 Å². The summed E-state index contributed by atoms with van der Waals surface area (Å²) in [5.41, 5.74) is 1.26. The minimum Gasteiger partial charge on any atom is -0.349 e. The van der Waals surface area contributed by atoms with Crippen molar-refractivity contribution in [2.24, 2.45) is 4.99 Å². The van der Waals surface area contributed by atoms with Gasteiger partial charge in [-0.05, 0) is 12.5 Å². The highest BCUT2D eigenvalue weighted by atomic mass is 35.5. The molecule has 2 nitrogen and oxygen atoms in total. The van der Waals surface area contributed by atoms with Crippen LogP contribution in [0.3, 0.4) is 0 Å². The average Bonchev–Trinajstić information content (AvgIpc) is 2.30. The van der Waals surface area contributed by atoms with Crippen LogP contribution in [0.15, 0.2) is 46.7 Å². The molecule has 0 unspecified atom stereocenters. The van der Waals surface area contributed by atoms with E-state index in [-0.39, 0.29) is 6.04 Å². The van der Waals surface area contributed by atoms with E-state index >= 15 is 0 Å². The van der Waals surface area contributed by atoms with Crippen molar-refractivity contribution in [3.8, 4) is 0 Å². The lowest BCUT2D eigenvalue weighted by Gasteiger charge is -2.30. The van der Waals surface area contributed by atoms with Crippen molar-refractivity contribution in [2.45, 2.75) is 13.0 Å². The van der Waals surface area contributed by atoms with Gasteiger partial charge in [0.15, 0.2) is 0 Å².